The Kier molecular flexibility index (Phi) is 24.8. The maximum Gasteiger partial charge on any atom is 0.490 e. The number of amides is 8. The summed E-state index contributed by atoms with van der Waals surface area (Å²) in [4.78, 5) is 125. The number of aliphatic hydroxyl groups excluding tert-OH is 2. The number of aromatic amines is 1. The van der Waals surface area contributed by atoms with Crippen molar-refractivity contribution >= 4 is 85.7 Å². The van der Waals surface area contributed by atoms with Gasteiger partial charge in [-0.25, -0.2) is 4.79 Å². The highest BCUT2D eigenvalue weighted by Crippen LogP contribution is 2.39. The standard InChI is InChI=1S/C50H67N11O11S2.C2HF3O2/c1-26(62)39(42(53)65)59-49(72)41-50(3,4)74-73-25-38(58-43(66)33(52)21-28-11-6-5-7-12-28)47(70)56-36(22-29-16-18-31(64)19-17-29)45(68)57-37(23-30-24-54-34-14-9-8-13-32(30)34)46(69)55-35(15-10-20-51)44(67)60-40(27(2)63)48(71)61-41;3-2(4,5)1(6)7/h5-9,11-14,16-19,24,26-27,33,35-41,54,62-64H,10,15,20-23,25,51-52H2,1-4H3,(H2,53,65)(H,55,69)(H,56,70)(H,57,68)(H,58,66)(H,59,72)(H,60,67)(H,61,71);(H,6,7)/t26-,27-,33-,35+,36+,37-,38+,39+,40+,41-;/m1./s1. The first-order chi connectivity index (χ1) is 38.0. The van der Waals surface area contributed by atoms with Gasteiger partial charge < -0.3 is 79.8 Å². The maximum absolute atomic E-state index is 14.8. The van der Waals surface area contributed by atoms with E-state index in [4.69, 9.17) is 27.1 Å². The zero-order valence-electron chi connectivity index (χ0n) is 44.5. The number of aliphatic hydroxyl groups is 2. The number of aromatic hydroxyl groups is 1. The molecule has 442 valence electrons. The largest absolute Gasteiger partial charge is 0.508 e. The molecule has 0 radical (unpaired) electrons. The first-order valence-electron chi connectivity index (χ1n) is 25.2. The van der Waals surface area contributed by atoms with Crippen LogP contribution in [0.1, 0.15) is 57.2 Å². The van der Waals surface area contributed by atoms with Gasteiger partial charge in [-0.3, -0.25) is 38.4 Å². The van der Waals surface area contributed by atoms with Gasteiger partial charge in [-0.05, 0) is 88.4 Å². The van der Waals surface area contributed by atoms with E-state index in [1.54, 1.807) is 42.6 Å². The first-order valence-corrected chi connectivity index (χ1v) is 27.6. The van der Waals surface area contributed by atoms with Crippen molar-refractivity contribution in [3.05, 3.63) is 102 Å². The molecule has 18 N–H and O–H groups in total. The fourth-order valence-electron chi connectivity index (χ4n) is 8.05. The molecule has 29 heteroatoms. The van der Waals surface area contributed by atoms with Gasteiger partial charge in [0, 0.05) is 40.4 Å². The summed E-state index contributed by atoms with van der Waals surface area (Å²) in [5.74, 6) is -10.5. The van der Waals surface area contributed by atoms with Crippen LogP contribution in [0.2, 0.25) is 0 Å². The van der Waals surface area contributed by atoms with Crippen LogP contribution in [0.15, 0.2) is 85.1 Å². The Bertz CT molecular complexity index is 2830. The Labute approximate surface area is 471 Å². The molecule has 0 spiro atoms. The lowest BCUT2D eigenvalue weighted by Gasteiger charge is -2.36. The van der Waals surface area contributed by atoms with E-state index >= 15 is 0 Å². The fourth-order valence-corrected chi connectivity index (χ4v) is 10.9. The lowest BCUT2D eigenvalue weighted by Crippen LogP contribution is -2.65. The predicted molar refractivity (Wildman–Crippen MR) is 294 cm³/mol. The number of carbonyl (C=O) groups excluding carboxylic acids is 8. The SMILES string of the molecule is C[C@@H](O)[C@H](NC(=O)[C@H]1NC(=O)[C@H]([C@@H](C)O)NC(=O)[C@H](CCCN)NC(=O)[C@@H](Cc2c[nH]c3ccccc23)NC(=O)[C@H](Cc2ccc(O)cc2)NC(=O)[C@@H](NC(=O)[C@H](N)Cc2ccccc2)CSSC1(C)C)C(N)=O.O=C(O)C(F)(F)F. The summed E-state index contributed by atoms with van der Waals surface area (Å²) >= 11 is 0. The molecule has 8 amide bonds. The number of aliphatic carboxylic acids is 1. The number of benzene rings is 3. The third kappa shape index (κ3) is 20.3. The molecule has 1 fully saturated rings. The predicted octanol–water partition coefficient (Wildman–Crippen LogP) is -0.585. The molecule has 10 atom stereocenters. The number of phenols is 1. The van der Waals surface area contributed by atoms with Crippen LogP contribution in [0.3, 0.4) is 0 Å². The van der Waals surface area contributed by atoms with Gasteiger partial charge in [0.2, 0.25) is 47.3 Å². The summed E-state index contributed by atoms with van der Waals surface area (Å²) in [6.45, 7) is 5.57. The zero-order valence-corrected chi connectivity index (χ0v) is 46.1. The Balaban J connectivity index is 0.00000189. The van der Waals surface area contributed by atoms with Crippen LogP contribution in [-0.4, -0.2) is 162 Å². The lowest BCUT2D eigenvalue weighted by molar-refractivity contribution is -0.192. The molecule has 1 aromatic heterocycles. The summed E-state index contributed by atoms with van der Waals surface area (Å²) in [6, 6.07) is 10.1. The number of nitrogens with two attached hydrogens (primary N) is 3. The van der Waals surface area contributed by atoms with Gasteiger partial charge in [-0.15, -0.1) is 0 Å². The lowest BCUT2D eigenvalue weighted by atomic mass is 9.99. The number of rotatable bonds is 16. The van der Waals surface area contributed by atoms with Crippen LogP contribution in [0, 0.1) is 0 Å². The van der Waals surface area contributed by atoms with Gasteiger partial charge in [-0.1, -0.05) is 82.3 Å². The van der Waals surface area contributed by atoms with E-state index in [9.17, 15) is 66.8 Å². The molecule has 0 bridgehead atoms. The van der Waals surface area contributed by atoms with Gasteiger partial charge in [0.25, 0.3) is 0 Å². The first kappa shape index (κ1) is 66.1. The quantitative estimate of drug-likeness (QED) is 0.0624. The molecule has 5 rings (SSSR count). The highest BCUT2D eigenvalue weighted by atomic mass is 33.1. The molecule has 24 nitrogen and oxygen atoms in total. The molecule has 0 unspecified atom stereocenters. The number of halogens is 3. The molecule has 1 aliphatic heterocycles. The van der Waals surface area contributed by atoms with E-state index in [1.165, 1.54) is 52.0 Å². The summed E-state index contributed by atoms with van der Waals surface area (Å²) in [5, 5.41) is 57.7. The molecule has 0 saturated carbocycles. The number of fused-ring (bicyclic) bond motifs is 1. The molecule has 81 heavy (non-hydrogen) atoms. The highest BCUT2D eigenvalue weighted by molar-refractivity contribution is 8.77. The van der Waals surface area contributed by atoms with E-state index < -0.39 is 125 Å². The van der Waals surface area contributed by atoms with Crippen molar-refractivity contribution in [3.63, 3.8) is 0 Å². The smallest absolute Gasteiger partial charge is 0.490 e. The van der Waals surface area contributed by atoms with Crippen LogP contribution in [0.25, 0.3) is 10.9 Å². The van der Waals surface area contributed by atoms with Crippen LogP contribution in [-0.2, 0) is 62.4 Å². The van der Waals surface area contributed by atoms with Crippen LogP contribution < -0.4 is 54.4 Å². The van der Waals surface area contributed by atoms with Crippen molar-refractivity contribution in [3.8, 4) is 5.75 Å². The normalized spacial score (nSPS) is 22.0. The number of carboxylic acid groups (broad SMARTS) is 1. The van der Waals surface area contributed by atoms with E-state index in [0.717, 1.165) is 38.1 Å². The van der Waals surface area contributed by atoms with Crippen molar-refractivity contribution < 1.29 is 76.7 Å². The second kappa shape index (κ2) is 30.4. The van der Waals surface area contributed by atoms with Crippen molar-refractivity contribution in [2.24, 2.45) is 17.2 Å². The van der Waals surface area contributed by atoms with Gasteiger partial charge in [0.05, 0.1) is 18.2 Å². The minimum atomic E-state index is -5.08. The number of hydrogen-bond donors (Lipinski definition) is 15. The van der Waals surface area contributed by atoms with E-state index in [0.29, 0.717) is 11.1 Å². The Morgan fingerprint density at radius 3 is 1.93 bits per heavy atom. The topological polar surface area (TPSA) is 413 Å². The molecule has 0 aliphatic carbocycles. The molecule has 1 saturated heterocycles. The second-order valence-corrected chi connectivity index (χ2v) is 22.5. The number of alkyl halides is 3. The number of aromatic nitrogens is 1. The van der Waals surface area contributed by atoms with Crippen molar-refractivity contribution in [1.29, 1.82) is 0 Å². The fraction of sp³-hybridized carbons (Fsp3) is 0.442. The molecule has 1 aliphatic rings. The number of carbonyl (C=O) groups is 9. The van der Waals surface area contributed by atoms with E-state index in [1.807, 2.05) is 18.2 Å². The Morgan fingerprint density at radius 1 is 0.778 bits per heavy atom. The third-order valence-electron chi connectivity index (χ3n) is 12.5. The molecular formula is C52H68F3N11O13S2. The second-order valence-electron chi connectivity index (χ2n) is 19.5. The van der Waals surface area contributed by atoms with E-state index in [-0.39, 0.29) is 50.2 Å². The number of hydrogen-bond acceptors (Lipinski definition) is 16. The summed E-state index contributed by atoms with van der Waals surface area (Å²) in [6.07, 6.45) is -6.61. The summed E-state index contributed by atoms with van der Waals surface area (Å²) in [5.41, 5.74) is 20.3. The minimum Gasteiger partial charge on any atom is -0.508 e. The molecule has 3 aromatic carbocycles. The molecule has 4 aromatic rings. The third-order valence-corrected chi connectivity index (χ3v) is 15.8. The van der Waals surface area contributed by atoms with Gasteiger partial charge >= 0.3 is 12.1 Å². The Morgan fingerprint density at radius 2 is 1.35 bits per heavy atom. The zero-order chi connectivity index (χ0) is 60.4. The average molecular weight is 1180 g/mol. The monoisotopic (exact) mass is 1180 g/mol. The van der Waals surface area contributed by atoms with Gasteiger partial charge in [0.15, 0.2) is 0 Å². The van der Waals surface area contributed by atoms with Crippen molar-refractivity contribution in [1.82, 2.24) is 42.2 Å². The van der Waals surface area contributed by atoms with E-state index in [2.05, 4.69) is 42.2 Å². The van der Waals surface area contributed by atoms with Crippen LogP contribution >= 0.6 is 21.6 Å². The summed E-state index contributed by atoms with van der Waals surface area (Å²) < 4.78 is 30.3. The van der Waals surface area contributed by atoms with Crippen molar-refractivity contribution in [2.75, 3.05) is 12.3 Å². The minimum absolute atomic E-state index is 0.0658. The van der Waals surface area contributed by atoms with Crippen molar-refractivity contribution in [2.45, 2.75) is 131 Å². The van der Waals surface area contributed by atoms with Gasteiger partial charge in [-0.2, -0.15) is 13.2 Å². The number of phenolic OH excluding ortho intramolecular Hbond substituents is 1. The van der Waals surface area contributed by atoms with Crippen LogP contribution in [0.4, 0.5) is 13.2 Å². The molecular weight excluding hydrogens is 1110 g/mol. The number of para-hydroxylation sites is 1. The number of carboxylic acids is 1. The maximum atomic E-state index is 14.8. The average Bonchev–Trinajstić information content (AvgIpc) is 3.91. The number of H-pyrrole nitrogens is 1. The summed E-state index contributed by atoms with van der Waals surface area (Å²) in [7, 11) is 1.94. The molecule has 2 heterocycles. The van der Waals surface area contributed by atoms with Gasteiger partial charge in [0.1, 0.15) is 48.0 Å². The van der Waals surface area contributed by atoms with Crippen LogP contribution in [0.5, 0.6) is 5.75 Å². The Hall–Kier alpha value is -7.44. The number of primary amides is 1. The highest BCUT2D eigenvalue weighted by Gasteiger charge is 2.43. The number of nitrogens with one attached hydrogen (secondary N) is 8.